The predicted molar refractivity (Wildman–Crippen MR) is 110 cm³/mol. The van der Waals surface area contributed by atoms with E-state index in [-0.39, 0.29) is 24.0 Å². The van der Waals surface area contributed by atoms with Gasteiger partial charge in [0.1, 0.15) is 0 Å². The first-order valence-corrected chi connectivity index (χ1v) is 9.08. The second-order valence-electron chi connectivity index (χ2n) is 6.23. The Bertz CT molecular complexity index is 296. The number of rotatable bonds is 10. The zero-order valence-corrected chi connectivity index (χ0v) is 17.6. The Kier molecular flexibility index (Phi) is 15.4. The molecule has 0 spiro atoms. The normalized spacial score (nSPS) is 17.4. The molecule has 0 aromatic rings. The number of guanidine groups is 1. The highest BCUT2D eigenvalue weighted by Gasteiger charge is 2.13. The molecule has 1 rings (SSSR count). The fourth-order valence-corrected chi connectivity index (χ4v) is 2.63. The van der Waals surface area contributed by atoms with Crippen molar-refractivity contribution in [1.29, 1.82) is 0 Å². The average molecular weight is 440 g/mol. The van der Waals surface area contributed by atoms with Gasteiger partial charge < -0.3 is 15.4 Å². The summed E-state index contributed by atoms with van der Waals surface area (Å²) in [5.74, 6) is 1.54. The SMILES string of the molecule is CCCCCCNC(=NCC(C)CN1CCOCC1)NCC.I. The van der Waals surface area contributed by atoms with Crippen LogP contribution in [0, 0.1) is 5.92 Å². The van der Waals surface area contributed by atoms with Crippen LogP contribution in [0.1, 0.15) is 46.5 Å². The van der Waals surface area contributed by atoms with E-state index in [0.717, 1.165) is 58.4 Å². The summed E-state index contributed by atoms with van der Waals surface area (Å²) in [6.45, 7) is 14.4. The van der Waals surface area contributed by atoms with Crippen LogP contribution < -0.4 is 10.6 Å². The lowest BCUT2D eigenvalue weighted by Crippen LogP contribution is -2.40. The van der Waals surface area contributed by atoms with E-state index in [2.05, 4.69) is 36.3 Å². The highest BCUT2D eigenvalue weighted by molar-refractivity contribution is 14.0. The van der Waals surface area contributed by atoms with Gasteiger partial charge in [-0.3, -0.25) is 9.89 Å². The van der Waals surface area contributed by atoms with Gasteiger partial charge in [-0.25, -0.2) is 0 Å². The molecule has 1 aliphatic rings. The Hall–Kier alpha value is -0.0800. The Morgan fingerprint density at radius 1 is 1.13 bits per heavy atom. The van der Waals surface area contributed by atoms with E-state index in [4.69, 9.17) is 9.73 Å². The third-order valence-corrected chi connectivity index (χ3v) is 3.90. The van der Waals surface area contributed by atoms with Crippen molar-refractivity contribution in [3.05, 3.63) is 0 Å². The number of ether oxygens (including phenoxy) is 1. The predicted octanol–water partition coefficient (Wildman–Crippen LogP) is 2.71. The first kappa shape index (κ1) is 22.9. The quantitative estimate of drug-likeness (QED) is 0.237. The van der Waals surface area contributed by atoms with Crippen LogP contribution in [0.3, 0.4) is 0 Å². The molecule has 0 aromatic heterocycles. The molecule has 0 bridgehead atoms. The third-order valence-electron chi connectivity index (χ3n) is 3.90. The van der Waals surface area contributed by atoms with Gasteiger partial charge in [0, 0.05) is 39.3 Å². The van der Waals surface area contributed by atoms with Crippen LogP contribution in [0.2, 0.25) is 0 Å². The molecule has 23 heavy (non-hydrogen) atoms. The number of halogens is 1. The number of unbranched alkanes of at least 4 members (excludes halogenated alkanes) is 3. The van der Waals surface area contributed by atoms with Crippen molar-refractivity contribution >= 4 is 29.9 Å². The van der Waals surface area contributed by atoms with Gasteiger partial charge in [-0.15, -0.1) is 24.0 Å². The van der Waals surface area contributed by atoms with Gasteiger partial charge in [0.05, 0.1) is 13.2 Å². The summed E-state index contributed by atoms with van der Waals surface area (Å²) >= 11 is 0. The Morgan fingerprint density at radius 2 is 1.87 bits per heavy atom. The van der Waals surface area contributed by atoms with E-state index in [1.54, 1.807) is 0 Å². The summed E-state index contributed by atoms with van der Waals surface area (Å²) in [6, 6.07) is 0. The molecule has 1 atom stereocenters. The van der Waals surface area contributed by atoms with Crippen LogP contribution in [-0.4, -0.2) is 63.3 Å². The van der Waals surface area contributed by atoms with Crippen LogP contribution in [0.25, 0.3) is 0 Å². The second-order valence-corrected chi connectivity index (χ2v) is 6.23. The maximum Gasteiger partial charge on any atom is 0.191 e. The molecule has 0 aliphatic carbocycles. The molecule has 1 saturated heterocycles. The Balaban J connectivity index is 0.00000484. The highest BCUT2D eigenvalue weighted by atomic mass is 127. The summed E-state index contributed by atoms with van der Waals surface area (Å²) in [5.41, 5.74) is 0. The smallest absolute Gasteiger partial charge is 0.191 e. The molecule has 2 N–H and O–H groups in total. The van der Waals surface area contributed by atoms with E-state index >= 15 is 0 Å². The molecule has 0 amide bonds. The zero-order valence-electron chi connectivity index (χ0n) is 15.3. The van der Waals surface area contributed by atoms with E-state index < -0.39 is 0 Å². The maximum absolute atomic E-state index is 5.39. The topological polar surface area (TPSA) is 48.9 Å². The minimum atomic E-state index is 0. The largest absolute Gasteiger partial charge is 0.379 e. The average Bonchev–Trinajstić information content (AvgIpc) is 2.53. The van der Waals surface area contributed by atoms with Crippen molar-refractivity contribution < 1.29 is 4.74 Å². The van der Waals surface area contributed by atoms with Gasteiger partial charge >= 0.3 is 0 Å². The summed E-state index contributed by atoms with van der Waals surface area (Å²) in [6.07, 6.45) is 5.14. The van der Waals surface area contributed by atoms with Gasteiger partial charge in [-0.2, -0.15) is 0 Å². The second kappa shape index (κ2) is 15.4. The number of nitrogens with zero attached hydrogens (tertiary/aromatic N) is 2. The number of morpholine rings is 1. The molecule has 0 saturated carbocycles. The van der Waals surface area contributed by atoms with Crippen molar-refractivity contribution in [1.82, 2.24) is 15.5 Å². The summed E-state index contributed by atoms with van der Waals surface area (Å²) in [5, 5.41) is 6.78. The standard InChI is InChI=1S/C17H36N4O.HI/c1-4-6-7-8-9-19-17(18-5-2)20-14-16(3)15-21-10-12-22-13-11-21;/h16H,4-15H2,1-3H3,(H2,18,19,20);1H. The van der Waals surface area contributed by atoms with Crippen LogP contribution in [0.5, 0.6) is 0 Å². The minimum Gasteiger partial charge on any atom is -0.379 e. The van der Waals surface area contributed by atoms with Gasteiger partial charge in [-0.1, -0.05) is 33.1 Å². The zero-order chi connectivity index (χ0) is 16.0. The molecule has 138 valence electrons. The highest BCUT2D eigenvalue weighted by Crippen LogP contribution is 2.04. The fourth-order valence-electron chi connectivity index (χ4n) is 2.63. The Morgan fingerprint density at radius 3 is 2.52 bits per heavy atom. The van der Waals surface area contributed by atoms with Crippen molar-refractivity contribution in [2.75, 3.05) is 52.5 Å². The molecule has 0 radical (unpaired) electrons. The van der Waals surface area contributed by atoms with Crippen molar-refractivity contribution in [2.24, 2.45) is 10.9 Å². The molecular weight excluding hydrogens is 403 g/mol. The van der Waals surface area contributed by atoms with Crippen molar-refractivity contribution in [3.8, 4) is 0 Å². The molecule has 1 unspecified atom stereocenters. The molecule has 1 aliphatic heterocycles. The van der Waals surface area contributed by atoms with Gasteiger partial charge in [0.2, 0.25) is 0 Å². The van der Waals surface area contributed by atoms with Crippen molar-refractivity contribution in [3.63, 3.8) is 0 Å². The lowest BCUT2D eigenvalue weighted by molar-refractivity contribution is 0.0323. The molecule has 6 heteroatoms. The van der Waals surface area contributed by atoms with Crippen molar-refractivity contribution in [2.45, 2.75) is 46.5 Å². The molecule has 1 fully saturated rings. The van der Waals surface area contributed by atoms with E-state index in [1.165, 1.54) is 25.7 Å². The Labute approximate surface area is 160 Å². The fraction of sp³-hybridized carbons (Fsp3) is 0.941. The summed E-state index contributed by atoms with van der Waals surface area (Å²) in [7, 11) is 0. The first-order valence-electron chi connectivity index (χ1n) is 9.08. The van der Waals surface area contributed by atoms with E-state index in [1.807, 2.05) is 0 Å². The molecule has 5 nitrogen and oxygen atoms in total. The number of hydrogen-bond acceptors (Lipinski definition) is 3. The monoisotopic (exact) mass is 440 g/mol. The van der Waals surface area contributed by atoms with Crippen LogP contribution in [-0.2, 0) is 4.74 Å². The maximum atomic E-state index is 5.39. The lowest BCUT2D eigenvalue weighted by Gasteiger charge is -2.28. The van der Waals surface area contributed by atoms with Crippen LogP contribution in [0.15, 0.2) is 4.99 Å². The molecular formula is C17H37IN4O. The van der Waals surface area contributed by atoms with E-state index in [0.29, 0.717) is 5.92 Å². The number of aliphatic imine (C=N–C) groups is 1. The van der Waals surface area contributed by atoms with Crippen LogP contribution >= 0.6 is 24.0 Å². The number of nitrogens with one attached hydrogen (secondary N) is 2. The first-order chi connectivity index (χ1) is 10.8. The van der Waals surface area contributed by atoms with Gasteiger partial charge in [-0.05, 0) is 19.3 Å². The lowest BCUT2D eigenvalue weighted by atomic mass is 10.1. The molecule has 1 heterocycles. The van der Waals surface area contributed by atoms with Gasteiger partial charge in [0.15, 0.2) is 5.96 Å². The molecule has 0 aromatic carbocycles. The third kappa shape index (κ3) is 12.0. The number of hydrogen-bond donors (Lipinski definition) is 2. The summed E-state index contributed by atoms with van der Waals surface area (Å²) < 4.78 is 5.39. The van der Waals surface area contributed by atoms with Gasteiger partial charge in [0.25, 0.3) is 0 Å². The minimum absolute atomic E-state index is 0. The summed E-state index contributed by atoms with van der Waals surface area (Å²) in [4.78, 5) is 7.21. The van der Waals surface area contributed by atoms with E-state index in [9.17, 15) is 0 Å². The van der Waals surface area contributed by atoms with Crippen LogP contribution in [0.4, 0.5) is 0 Å².